The number of fused-ring (bicyclic) bond motifs is 2. The summed E-state index contributed by atoms with van der Waals surface area (Å²) < 4.78 is 7.73. The maximum Gasteiger partial charge on any atom is 0.350 e. The number of benzene rings is 1. The van der Waals surface area contributed by atoms with Crippen LogP contribution in [-0.2, 0) is 0 Å². The zero-order valence-electron chi connectivity index (χ0n) is 17.2. The lowest BCUT2D eigenvalue weighted by molar-refractivity contribution is 0.282. The first-order valence-corrected chi connectivity index (χ1v) is 10.5. The molecule has 0 atom stereocenters. The highest BCUT2D eigenvalue weighted by Crippen LogP contribution is 2.41. The van der Waals surface area contributed by atoms with Gasteiger partial charge in [0.25, 0.3) is 0 Å². The van der Waals surface area contributed by atoms with Crippen LogP contribution in [0.25, 0.3) is 0 Å². The van der Waals surface area contributed by atoms with E-state index in [9.17, 15) is 4.79 Å². The molecule has 0 bridgehead atoms. The highest BCUT2D eigenvalue weighted by Gasteiger charge is 2.26. The Morgan fingerprint density at radius 1 is 1.30 bits per heavy atom. The lowest BCUT2D eigenvalue weighted by Gasteiger charge is -2.31. The molecular formula is C21H29N7O2. The molecule has 0 saturated heterocycles. The lowest BCUT2D eigenvalue weighted by Crippen LogP contribution is -2.38. The van der Waals surface area contributed by atoms with Crippen LogP contribution < -0.4 is 32.1 Å². The van der Waals surface area contributed by atoms with Crippen molar-refractivity contribution >= 4 is 17.5 Å². The first-order chi connectivity index (χ1) is 14.5. The minimum atomic E-state index is -0.243. The Kier molecular flexibility index (Phi) is 5.89. The SMILES string of the molecule is Cc1ccc2c(c1)Nc1nc(=O)n(C3CCC(NCCCNC(=N)N)CC3)cc1O2. The second-order valence-corrected chi connectivity index (χ2v) is 8.02. The minimum absolute atomic E-state index is 0.0115. The van der Waals surface area contributed by atoms with Crippen LogP contribution in [0, 0.1) is 12.3 Å². The molecule has 0 amide bonds. The molecule has 0 radical (unpaired) electrons. The first kappa shape index (κ1) is 20.2. The van der Waals surface area contributed by atoms with Crippen LogP contribution in [-0.4, -0.2) is 34.6 Å². The Labute approximate surface area is 175 Å². The van der Waals surface area contributed by atoms with Gasteiger partial charge in [-0.25, -0.2) is 4.79 Å². The van der Waals surface area contributed by atoms with E-state index >= 15 is 0 Å². The fourth-order valence-electron chi connectivity index (χ4n) is 4.13. The van der Waals surface area contributed by atoms with E-state index in [2.05, 4.69) is 20.9 Å². The van der Waals surface area contributed by atoms with Gasteiger partial charge in [-0.1, -0.05) is 6.07 Å². The predicted octanol–water partition coefficient (Wildman–Crippen LogP) is 2.35. The van der Waals surface area contributed by atoms with E-state index in [1.807, 2.05) is 25.1 Å². The number of nitrogens with one attached hydrogen (secondary N) is 4. The molecule has 1 fully saturated rings. The highest BCUT2D eigenvalue weighted by molar-refractivity contribution is 5.74. The molecule has 2 heterocycles. The lowest BCUT2D eigenvalue weighted by atomic mass is 9.91. The number of ether oxygens (including phenoxy) is 1. The summed E-state index contributed by atoms with van der Waals surface area (Å²) in [6.07, 6.45) is 6.58. The van der Waals surface area contributed by atoms with Gasteiger partial charge in [0.05, 0.1) is 11.9 Å². The van der Waals surface area contributed by atoms with Crippen molar-refractivity contribution in [2.24, 2.45) is 5.73 Å². The van der Waals surface area contributed by atoms with Gasteiger partial charge in [0, 0.05) is 18.6 Å². The summed E-state index contributed by atoms with van der Waals surface area (Å²) in [5, 5.41) is 16.7. The average molecular weight is 412 g/mol. The zero-order valence-corrected chi connectivity index (χ0v) is 17.2. The summed E-state index contributed by atoms with van der Waals surface area (Å²) in [6, 6.07) is 6.50. The molecule has 4 rings (SSSR count). The van der Waals surface area contributed by atoms with Crippen molar-refractivity contribution in [2.75, 3.05) is 18.4 Å². The number of aromatic nitrogens is 2. The largest absolute Gasteiger partial charge is 0.450 e. The van der Waals surface area contributed by atoms with E-state index in [-0.39, 0.29) is 17.7 Å². The van der Waals surface area contributed by atoms with Crippen molar-refractivity contribution in [1.29, 1.82) is 5.41 Å². The summed E-state index contributed by atoms with van der Waals surface area (Å²) in [5.74, 6) is 1.82. The summed E-state index contributed by atoms with van der Waals surface area (Å²) in [5.41, 5.74) is 6.98. The fourth-order valence-corrected chi connectivity index (χ4v) is 4.13. The van der Waals surface area contributed by atoms with Crippen LogP contribution in [0.4, 0.5) is 11.5 Å². The third kappa shape index (κ3) is 4.56. The molecule has 1 aliphatic carbocycles. The average Bonchev–Trinajstić information content (AvgIpc) is 2.72. The van der Waals surface area contributed by atoms with Gasteiger partial charge in [-0.3, -0.25) is 9.98 Å². The highest BCUT2D eigenvalue weighted by atomic mass is 16.5. The molecule has 1 aromatic carbocycles. The topological polar surface area (TPSA) is 130 Å². The third-order valence-corrected chi connectivity index (χ3v) is 5.72. The first-order valence-electron chi connectivity index (χ1n) is 10.5. The van der Waals surface area contributed by atoms with Crippen molar-refractivity contribution in [3.05, 3.63) is 40.4 Å². The molecule has 1 aliphatic heterocycles. The van der Waals surface area contributed by atoms with Gasteiger partial charge in [0.1, 0.15) is 0 Å². The van der Waals surface area contributed by atoms with Crippen LogP contribution >= 0.6 is 0 Å². The zero-order chi connectivity index (χ0) is 21.1. The summed E-state index contributed by atoms with van der Waals surface area (Å²) in [7, 11) is 0. The van der Waals surface area contributed by atoms with E-state index in [4.69, 9.17) is 15.9 Å². The summed E-state index contributed by atoms with van der Waals surface area (Å²) in [6.45, 7) is 3.59. The van der Waals surface area contributed by atoms with E-state index < -0.39 is 0 Å². The van der Waals surface area contributed by atoms with Gasteiger partial charge in [0.15, 0.2) is 23.3 Å². The molecule has 6 N–H and O–H groups in total. The Bertz CT molecular complexity index is 980. The molecule has 0 unspecified atom stereocenters. The monoisotopic (exact) mass is 411 g/mol. The van der Waals surface area contributed by atoms with Crippen LogP contribution in [0.1, 0.15) is 43.7 Å². The summed E-state index contributed by atoms with van der Waals surface area (Å²) in [4.78, 5) is 16.9. The van der Waals surface area contributed by atoms with Crippen LogP contribution in [0.5, 0.6) is 11.5 Å². The number of hydrogen-bond acceptors (Lipinski definition) is 6. The predicted molar refractivity (Wildman–Crippen MR) is 117 cm³/mol. The van der Waals surface area contributed by atoms with Crippen LogP contribution in [0.2, 0.25) is 0 Å². The smallest absolute Gasteiger partial charge is 0.350 e. The van der Waals surface area contributed by atoms with Crippen molar-refractivity contribution < 1.29 is 4.74 Å². The molecule has 0 spiro atoms. The molecule has 30 heavy (non-hydrogen) atoms. The molecule has 2 aromatic rings. The van der Waals surface area contributed by atoms with E-state index in [1.54, 1.807) is 10.8 Å². The molecule has 160 valence electrons. The number of guanidine groups is 1. The second-order valence-electron chi connectivity index (χ2n) is 8.02. The van der Waals surface area contributed by atoms with Gasteiger partial charge >= 0.3 is 5.69 Å². The van der Waals surface area contributed by atoms with Crippen molar-refractivity contribution in [2.45, 2.75) is 51.1 Å². The van der Waals surface area contributed by atoms with Crippen molar-refractivity contribution in [1.82, 2.24) is 20.2 Å². The standard InChI is InChI=1S/C21H29N7O2/c1-13-3-8-17-16(11-13)26-19-18(30-17)12-28(21(29)27-19)15-6-4-14(5-7-15)24-9-2-10-25-20(22)23/h3,8,11-12,14-15,24H,2,4-7,9-10H2,1H3,(H4,22,23,25)(H,26,27,29). The molecule has 1 saturated carbocycles. The minimum Gasteiger partial charge on any atom is -0.450 e. The molecule has 2 aliphatic rings. The Morgan fingerprint density at radius 3 is 2.87 bits per heavy atom. The summed E-state index contributed by atoms with van der Waals surface area (Å²) >= 11 is 0. The Balaban J connectivity index is 1.35. The second kappa shape index (κ2) is 8.74. The van der Waals surface area contributed by atoms with E-state index in [0.29, 0.717) is 24.2 Å². The van der Waals surface area contributed by atoms with E-state index in [0.717, 1.165) is 55.6 Å². The molecular weight excluding hydrogens is 382 g/mol. The third-order valence-electron chi connectivity index (χ3n) is 5.72. The van der Waals surface area contributed by atoms with Crippen molar-refractivity contribution in [3.8, 4) is 11.5 Å². The van der Waals surface area contributed by atoms with Gasteiger partial charge in [-0.2, -0.15) is 4.98 Å². The van der Waals surface area contributed by atoms with Crippen molar-refractivity contribution in [3.63, 3.8) is 0 Å². The fraction of sp³-hybridized carbons (Fsp3) is 0.476. The maximum absolute atomic E-state index is 12.7. The van der Waals surface area contributed by atoms with Gasteiger partial charge in [-0.05, 0) is 63.3 Å². The molecule has 1 aromatic heterocycles. The maximum atomic E-state index is 12.7. The van der Waals surface area contributed by atoms with Crippen LogP contribution in [0.15, 0.2) is 29.2 Å². The number of hydrogen-bond donors (Lipinski definition) is 5. The Hall–Kier alpha value is -3.07. The van der Waals surface area contributed by atoms with Gasteiger partial charge < -0.3 is 26.4 Å². The quantitative estimate of drug-likeness (QED) is 0.239. The number of aryl methyl sites for hydroxylation is 1. The molecule has 9 heteroatoms. The number of rotatable bonds is 6. The van der Waals surface area contributed by atoms with Crippen LogP contribution in [0.3, 0.4) is 0 Å². The van der Waals surface area contributed by atoms with Gasteiger partial charge in [-0.15, -0.1) is 0 Å². The normalized spacial score (nSPS) is 19.8. The van der Waals surface area contributed by atoms with Gasteiger partial charge in [0.2, 0.25) is 0 Å². The number of anilines is 2. The molecule has 9 nitrogen and oxygen atoms in total. The van der Waals surface area contributed by atoms with E-state index in [1.165, 1.54) is 0 Å². The number of nitrogens with two attached hydrogens (primary N) is 1. The Morgan fingerprint density at radius 2 is 2.10 bits per heavy atom. The number of nitrogens with zero attached hydrogens (tertiary/aromatic N) is 2.